The Morgan fingerprint density at radius 3 is 2.47 bits per heavy atom. The number of furan rings is 1. The summed E-state index contributed by atoms with van der Waals surface area (Å²) < 4.78 is 23.7. The molecular formula is C25H32O9. The highest BCUT2D eigenvalue weighted by Gasteiger charge is 2.91. The van der Waals surface area contributed by atoms with Crippen LogP contribution in [0.5, 0.6) is 0 Å². The number of hydrogen-bond acceptors (Lipinski definition) is 9. The number of ether oxygens (including phenoxy) is 3. The van der Waals surface area contributed by atoms with E-state index in [4.69, 9.17) is 18.6 Å². The average Bonchev–Trinajstić information content (AvgIpc) is 3.00. The number of carbonyl (C=O) groups is 1. The van der Waals surface area contributed by atoms with Gasteiger partial charge in [-0.1, -0.05) is 13.8 Å². The van der Waals surface area contributed by atoms with E-state index < -0.39 is 69.5 Å². The van der Waals surface area contributed by atoms with Gasteiger partial charge < -0.3 is 39.1 Å². The minimum Gasteiger partial charge on any atom is -0.472 e. The molecule has 3 aliphatic heterocycles. The largest absolute Gasteiger partial charge is 0.472 e. The molecule has 0 bridgehead atoms. The maximum absolute atomic E-state index is 12.5. The quantitative estimate of drug-likeness (QED) is 0.339. The van der Waals surface area contributed by atoms with Gasteiger partial charge in [0.1, 0.15) is 5.60 Å². The monoisotopic (exact) mass is 476 g/mol. The van der Waals surface area contributed by atoms with Crippen LogP contribution in [0.3, 0.4) is 0 Å². The average molecular weight is 477 g/mol. The molecule has 9 nitrogen and oxygen atoms in total. The van der Waals surface area contributed by atoms with E-state index in [1.165, 1.54) is 6.92 Å². The molecule has 13 unspecified atom stereocenters. The van der Waals surface area contributed by atoms with Crippen LogP contribution in [0.2, 0.25) is 0 Å². The summed E-state index contributed by atoms with van der Waals surface area (Å²) in [5.41, 5.74) is -6.94. The van der Waals surface area contributed by atoms with Gasteiger partial charge in [-0.05, 0) is 44.2 Å². The van der Waals surface area contributed by atoms with Crippen molar-refractivity contribution in [1.82, 2.24) is 0 Å². The van der Waals surface area contributed by atoms with E-state index in [0.29, 0.717) is 6.42 Å². The number of esters is 1. The summed E-state index contributed by atoms with van der Waals surface area (Å²) in [6.45, 7) is 7.08. The fourth-order valence-electron chi connectivity index (χ4n) is 9.86. The van der Waals surface area contributed by atoms with Crippen molar-refractivity contribution in [2.45, 2.75) is 106 Å². The second-order valence-electron chi connectivity index (χ2n) is 12.3. The summed E-state index contributed by atoms with van der Waals surface area (Å²) in [6.07, 6.45) is 0.326. The molecule has 186 valence electrons. The molecule has 0 aromatic carbocycles. The van der Waals surface area contributed by atoms with E-state index in [9.17, 15) is 25.2 Å². The van der Waals surface area contributed by atoms with Crippen molar-refractivity contribution in [2.24, 2.45) is 16.7 Å². The van der Waals surface area contributed by atoms with E-state index in [-0.39, 0.29) is 18.4 Å². The third-order valence-electron chi connectivity index (χ3n) is 11.3. The van der Waals surface area contributed by atoms with Crippen LogP contribution >= 0.6 is 0 Å². The second kappa shape index (κ2) is 5.74. The molecular weight excluding hydrogens is 444 g/mol. The Balaban J connectivity index is 1.40. The number of aliphatic hydroxyl groups is 4. The van der Waals surface area contributed by atoms with E-state index >= 15 is 0 Å². The number of hydrogen-bond donors (Lipinski definition) is 4. The summed E-state index contributed by atoms with van der Waals surface area (Å²) in [7, 11) is 0. The molecule has 3 aliphatic carbocycles. The highest BCUT2D eigenvalue weighted by molar-refractivity contribution is 5.81. The normalized spacial score (nSPS) is 63.4. The first-order chi connectivity index (χ1) is 15.8. The van der Waals surface area contributed by atoms with Crippen LogP contribution < -0.4 is 0 Å². The van der Waals surface area contributed by atoms with Crippen molar-refractivity contribution in [2.75, 3.05) is 0 Å². The first kappa shape index (κ1) is 21.8. The maximum Gasteiger partial charge on any atom is 0.338 e. The van der Waals surface area contributed by atoms with Crippen molar-refractivity contribution in [3.05, 3.63) is 24.2 Å². The van der Waals surface area contributed by atoms with Crippen LogP contribution in [0.25, 0.3) is 0 Å². The van der Waals surface area contributed by atoms with Gasteiger partial charge in [-0.15, -0.1) is 0 Å². The first-order valence-electron chi connectivity index (χ1n) is 12.2. The minimum atomic E-state index is -2.17. The number of fused-ring (bicyclic) bond motifs is 5. The van der Waals surface area contributed by atoms with Gasteiger partial charge in [-0.3, -0.25) is 0 Å². The van der Waals surface area contributed by atoms with Crippen LogP contribution in [0.15, 0.2) is 23.0 Å². The van der Waals surface area contributed by atoms with E-state index in [1.54, 1.807) is 26.4 Å². The van der Waals surface area contributed by atoms with Gasteiger partial charge in [-0.25, -0.2) is 4.79 Å². The van der Waals surface area contributed by atoms with Gasteiger partial charge in [0.15, 0.2) is 17.3 Å². The van der Waals surface area contributed by atoms with Crippen LogP contribution in [0, 0.1) is 16.7 Å². The third kappa shape index (κ3) is 1.83. The number of epoxide rings is 1. The Bertz CT molecular complexity index is 1090. The lowest BCUT2D eigenvalue weighted by molar-refractivity contribution is -0.293. The van der Waals surface area contributed by atoms with Gasteiger partial charge in [0.2, 0.25) is 0 Å². The van der Waals surface area contributed by atoms with E-state index in [0.717, 1.165) is 12.0 Å². The zero-order valence-corrected chi connectivity index (χ0v) is 19.7. The molecule has 3 saturated carbocycles. The van der Waals surface area contributed by atoms with Crippen molar-refractivity contribution in [3.8, 4) is 0 Å². The summed E-state index contributed by atoms with van der Waals surface area (Å²) in [5, 5.41) is 46.6. The summed E-state index contributed by atoms with van der Waals surface area (Å²) in [5.74, 6) is -1.56. The highest BCUT2D eigenvalue weighted by atomic mass is 16.6. The second-order valence-corrected chi connectivity index (χ2v) is 12.3. The molecule has 1 aromatic rings. The molecule has 4 N–H and O–H groups in total. The molecule has 6 aliphatic rings. The number of carbonyl (C=O) groups excluding carboxylic acids is 1. The Morgan fingerprint density at radius 2 is 1.79 bits per heavy atom. The van der Waals surface area contributed by atoms with Crippen molar-refractivity contribution in [3.63, 3.8) is 0 Å². The Kier molecular flexibility index (Phi) is 3.67. The van der Waals surface area contributed by atoms with Gasteiger partial charge in [0.05, 0.1) is 42.5 Å². The van der Waals surface area contributed by atoms with Crippen LogP contribution in [-0.4, -0.2) is 79.3 Å². The first-order valence-corrected chi connectivity index (χ1v) is 12.2. The Labute approximate surface area is 197 Å². The summed E-state index contributed by atoms with van der Waals surface area (Å²) in [4.78, 5) is 12.5. The van der Waals surface area contributed by atoms with Crippen molar-refractivity contribution >= 4 is 5.97 Å². The molecule has 0 amide bonds. The SMILES string of the molecule is CC1(O)C2C(CC3(C)C(c4ccoc4)CC4OC413)OC1CC(O)C3(C)OC(=O)C(O)C3(O)C12C. The zero-order chi connectivity index (χ0) is 24.3. The lowest BCUT2D eigenvalue weighted by Crippen LogP contribution is -2.78. The molecule has 4 heterocycles. The Morgan fingerprint density at radius 1 is 1.06 bits per heavy atom. The van der Waals surface area contributed by atoms with Crippen LogP contribution in [-0.2, 0) is 19.0 Å². The predicted octanol–water partition coefficient (Wildman–Crippen LogP) is 0.627. The standard InChI is InChI=1S/C25H32O9/c1-20-9-13-17(22(3,29)25(20)16(33-25)7-12(20)11-5-6-31-10-11)21(2)15(32-13)8-14(26)23(4)24(21,30)18(27)19(28)34-23/h5-6,10,12-18,26-27,29-30H,7-9H2,1-4H3. The fraction of sp³-hybridized carbons (Fsp3) is 0.800. The molecule has 6 fully saturated rings. The lowest BCUT2D eigenvalue weighted by Gasteiger charge is -2.62. The van der Waals surface area contributed by atoms with Crippen LogP contribution in [0.4, 0.5) is 0 Å². The predicted molar refractivity (Wildman–Crippen MR) is 113 cm³/mol. The van der Waals surface area contributed by atoms with Crippen LogP contribution in [0.1, 0.15) is 58.4 Å². The molecule has 1 spiro atoms. The van der Waals surface area contributed by atoms with Gasteiger partial charge in [-0.2, -0.15) is 0 Å². The Hall–Kier alpha value is -1.49. The summed E-state index contributed by atoms with van der Waals surface area (Å²) >= 11 is 0. The lowest BCUT2D eigenvalue weighted by atomic mass is 9.43. The topological polar surface area (TPSA) is 142 Å². The molecule has 0 radical (unpaired) electrons. The third-order valence-corrected chi connectivity index (χ3v) is 11.3. The molecule has 34 heavy (non-hydrogen) atoms. The molecule has 7 rings (SSSR count). The van der Waals surface area contributed by atoms with Crippen molar-refractivity contribution in [1.29, 1.82) is 0 Å². The van der Waals surface area contributed by atoms with Crippen molar-refractivity contribution < 1.29 is 43.8 Å². The molecule has 13 atom stereocenters. The van der Waals surface area contributed by atoms with Gasteiger partial charge in [0.25, 0.3) is 0 Å². The molecule has 9 heteroatoms. The van der Waals surface area contributed by atoms with E-state index in [2.05, 4.69) is 6.92 Å². The molecule has 3 saturated heterocycles. The molecule has 1 aromatic heterocycles. The number of aliphatic hydroxyl groups excluding tert-OH is 2. The van der Waals surface area contributed by atoms with Gasteiger partial charge in [0, 0.05) is 23.2 Å². The number of rotatable bonds is 1. The zero-order valence-electron chi connectivity index (χ0n) is 19.7. The maximum atomic E-state index is 12.5. The summed E-state index contributed by atoms with van der Waals surface area (Å²) in [6, 6.07) is 1.95. The fourth-order valence-corrected chi connectivity index (χ4v) is 9.86. The highest BCUT2D eigenvalue weighted by Crippen LogP contribution is 2.79. The van der Waals surface area contributed by atoms with Gasteiger partial charge >= 0.3 is 5.97 Å². The minimum absolute atomic E-state index is 0.0948. The smallest absolute Gasteiger partial charge is 0.338 e. The van der Waals surface area contributed by atoms with E-state index in [1.807, 2.05) is 6.07 Å².